The van der Waals surface area contributed by atoms with Crippen molar-refractivity contribution in [2.45, 2.75) is 32.0 Å². The molecular formula is C15H19F3N2O2. The first kappa shape index (κ1) is 16.6. The van der Waals surface area contributed by atoms with Crippen LogP contribution in [0.15, 0.2) is 24.3 Å². The summed E-state index contributed by atoms with van der Waals surface area (Å²) in [4.78, 5) is 13.3. The van der Waals surface area contributed by atoms with E-state index in [4.69, 9.17) is 0 Å². The van der Waals surface area contributed by atoms with Gasteiger partial charge in [0.05, 0.1) is 13.2 Å². The van der Waals surface area contributed by atoms with Crippen molar-refractivity contribution in [2.75, 3.05) is 25.0 Å². The number of morpholine rings is 1. The van der Waals surface area contributed by atoms with Crippen molar-refractivity contribution in [3.63, 3.8) is 0 Å². The first-order chi connectivity index (χ1) is 10.3. The molecule has 0 unspecified atom stereocenters. The summed E-state index contributed by atoms with van der Waals surface area (Å²) in [6.45, 7) is 3.50. The van der Waals surface area contributed by atoms with Crippen LogP contribution < -0.4 is 5.32 Å². The number of alkyl halides is 3. The lowest BCUT2D eigenvalue weighted by atomic mass is 10.0. The Bertz CT molecular complexity index is 532. The van der Waals surface area contributed by atoms with Crippen LogP contribution in [-0.2, 0) is 4.74 Å². The van der Waals surface area contributed by atoms with Crippen molar-refractivity contribution in [1.82, 2.24) is 4.90 Å². The molecule has 1 N–H and O–H groups in total. The Morgan fingerprint density at radius 2 is 2.05 bits per heavy atom. The zero-order chi connectivity index (χ0) is 16.3. The predicted molar refractivity (Wildman–Crippen MR) is 76.9 cm³/mol. The van der Waals surface area contributed by atoms with E-state index >= 15 is 0 Å². The van der Waals surface area contributed by atoms with Gasteiger partial charge in [0, 0.05) is 12.2 Å². The van der Waals surface area contributed by atoms with E-state index in [1.54, 1.807) is 12.1 Å². The van der Waals surface area contributed by atoms with Crippen molar-refractivity contribution < 1.29 is 22.7 Å². The summed E-state index contributed by atoms with van der Waals surface area (Å²) in [5.41, 5.74) is 1.56. The Morgan fingerprint density at radius 1 is 1.36 bits per heavy atom. The maximum absolute atomic E-state index is 12.7. The third-order valence-electron chi connectivity index (χ3n) is 3.54. The van der Waals surface area contributed by atoms with Crippen LogP contribution in [0.2, 0.25) is 0 Å². The molecular weight excluding hydrogens is 297 g/mol. The van der Waals surface area contributed by atoms with Crippen molar-refractivity contribution in [1.29, 1.82) is 0 Å². The smallest absolute Gasteiger partial charge is 0.365 e. The van der Waals surface area contributed by atoms with E-state index in [9.17, 15) is 18.0 Å². The normalized spacial score (nSPS) is 19.4. The Kier molecular flexibility index (Phi) is 4.95. The lowest BCUT2D eigenvalue weighted by Gasteiger charge is -2.34. The van der Waals surface area contributed by atoms with E-state index in [0.717, 1.165) is 10.5 Å². The summed E-state index contributed by atoms with van der Waals surface area (Å²) in [5.74, 6) is 0.198. The molecule has 4 nitrogen and oxygen atoms in total. The zero-order valence-corrected chi connectivity index (χ0v) is 12.5. The predicted octanol–water partition coefficient (Wildman–Crippen LogP) is 3.61. The highest BCUT2D eigenvalue weighted by molar-refractivity contribution is 5.90. The summed E-state index contributed by atoms with van der Waals surface area (Å²) in [5, 5.41) is 2.70. The summed E-state index contributed by atoms with van der Waals surface area (Å²) >= 11 is 0. The lowest BCUT2D eigenvalue weighted by molar-refractivity contribution is -0.233. The van der Waals surface area contributed by atoms with Crippen LogP contribution in [0.4, 0.5) is 23.7 Å². The summed E-state index contributed by atoms with van der Waals surface area (Å²) < 4.78 is 42.8. The molecule has 122 valence electrons. The van der Waals surface area contributed by atoms with Gasteiger partial charge in [0.25, 0.3) is 0 Å². The first-order valence-corrected chi connectivity index (χ1v) is 7.12. The average molecular weight is 316 g/mol. The van der Waals surface area contributed by atoms with Gasteiger partial charge in [0.1, 0.15) is 0 Å². The lowest BCUT2D eigenvalue weighted by Crippen LogP contribution is -2.52. The molecule has 1 heterocycles. The summed E-state index contributed by atoms with van der Waals surface area (Å²) in [6.07, 6.45) is -6.39. The first-order valence-electron chi connectivity index (χ1n) is 7.12. The number of amides is 2. The number of urea groups is 1. The molecule has 1 atom stereocenters. The van der Waals surface area contributed by atoms with E-state index in [1.807, 2.05) is 26.0 Å². The molecule has 0 aromatic heterocycles. The third-order valence-corrected chi connectivity index (χ3v) is 3.54. The molecule has 22 heavy (non-hydrogen) atoms. The van der Waals surface area contributed by atoms with E-state index < -0.39 is 24.9 Å². The molecule has 1 aliphatic rings. The third kappa shape index (κ3) is 3.91. The fourth-order valence-corrected chi connectivity index (χ4v) is 2.34. The number of nitrogens with one attached hydrogen (secondary N) is 1. The van der Waals surface area contributed by atoms with Crippen LogP contribution in [0, 0.1) is 0 Å². The van der Waals surface area contributed by atoms with Crippen LogP contribution >= 0.6 is 0 Å². The average Bonchev–Trinajstić information content (AvgIpc) is 2.47. The van der Waals surface area contributed by atoms with E-state index in [-0.39, 0.29) is 19.1 Å². The highest BCUT2D eigenvalue weighted by Crippen LogP contribution is 2.27. The quantitative estimate of drug-likeness (QED) is 0.905. The molecule has 1 aromatic carbocycles. The van der Waals surface area contributed by atoms with E-state index in [2.05, 4.69) is 10.1 Å². The minimum absolute atomic E-state index is 0.122. The summed E-state index contributed by atoms with van der Waals surface area (Å²) in [6, 6.07) is 6.73. The molecule has 2 amide bonds. The number of halogens is 3. The van der Waals surface area contributed by atoms with Crippen LogP contribution in [0.3, 0.4) is 0 Å². The van der Waals surface area contributed by atoms with Crippen molar-refractivity contribution in [3.8, 4) is 0 Å². The van der Waals surface area contributed by atoms with Crippen LogP contribution in [0.1, 0.15) is 25.3 Å². The molecule has 1 saturated heterocycles. The number of ether oxygens (including phenoxy) is 1. The minimum atomic E-state index is -4.46. The Labute approximate surface area is 127 Å². The number of rotatable bonds is 2. The second-order valence-electron chi connectivity index (χ2n) is 5.52. The second-order valence-corrected chi connectivity index (χ2v) is 5.52. The largest absolute Gasteiger partial charge is 0.416 e. The molecule has 0 saturated carbocycles. The van der Waals surface area contributed by atoms with Crippen LogP contribution in [-0.4, -0.2) is 42.9 Å². The van der Waals surface area contributed by atoms with Crippen molar-refractivity contribution >= 4 is 11.7 Å². The molecule has 0 aliphatic carbocycles. The van der Waals surface area contributed by atoms with Gasteiger partial charge in [-0.05, 0) is 17.5 Å². The maximum Gasteiger partial charge on any atom is 0.416 e. The van der Waals surface area contributed by atoms with Gasteiger partial charge < -0.3 is 15.0 Å². The topological polar surface area (TPSA) is 41.6 Å². The van der Waals surface area contributed by atoms with Crippen LogP contribution in [0.5, 0.6) is 0 Å². The molecule has 1 aliphatic heterocycles. The standard InChI is InChI=1S/C15H19F3N2O2/c1-10(2)11-5-3-4-6-12(11)19-14(21)20-7-8-22-13(9-20)15(16,17)18/h3-6,10,13H,7-9H2,1-2H3,(H,19,21)/t13-/m0/s1. The number of para-hydroxylation sites is 1. The zero-order valence-electron chi connectivity index (χ0n) is 12.5. The molecule has 1 aromatic rings. The number of anilines is 1. The SMILES string of the molecule is CC(C)c1ccccc1NC(=O)N1CCO[C@H](C(F)(F)F)C1. The fraction of sp³-hybridized carbons (Fsp3) is 0.533. The highest BCUT2D eigenvalue weighted by Gasteiger charge is 2.44. The molecule has 0 spiro atoms. The van der Waals surface area contributed by atoms with Gasteiger partial charge in [0.2, 0.25) is 0 Å². The number of carbonyl (C=O) groups is 1. The van der Waals surface area contributed by atoms with Gasteiger partial charge in [-0.2, -0.15) is 13.2 Å². The van der Waals surface area contributed by atoms with Gasteiger partial charge >= 0.3 is 12.2 Å². The van der Waals surface area contributed by atoms with Gasteiger partial charge in [0.15, 0.2) is 6.10 Å². The molecule has 0 bridgehead atoms. The van der Waals surface area contributed by atoms with E-state index in [1.165, 1.54) is 0 Å². The molecule has 7 heteroatoms. The van der Waals surface area contributed by atoms with Crippen molar-refractivity contribution in [2.24, 2.45) is 0 Å². The molecule has 1 fully saturated rings. The van der Waals surface area contributed by atoms with Crippen molar-refractivity contribution in [3.05, 3.63) is 29.8 Å². The van der Waals surface area contributed by atoms with Gasteiger partial charge in [-0.3, -0.25) is 0 Å². The highest BCUT2D eigenvalue weighted by atomic mass is 19.4. The Balaban J connectivity index is 2.06. The second kappa shape index (κ2) is 6.56. The number of hydrogen-bond donors (Lipinski definition) is 1. The van der Waals surface area contributed by atoms with Gasteiger partial charge in [-0.25, -0.2) is 4.79 Å². The number of hydrogen-bond acceptors (Lipinski definition) is 2. The van der Waals surface area contributed by atoms with Crippen LogP contribution in [0.25, 0.3) is 0 Å². The Hall–Kier alpha value is -1.76. The molecule has 0 radical (unpaired) electrons. The van der Waals surface area contributed by atoms with Gasteiger partial charge in [-0.15, -0.1) is 0 Å². The summed E-state index contributed by atoms with van der Waals surface area (Å²) in [7, 11) is 0. The maximum atomic E-state index is 12.7. The number of benzene rings is 1. The van der Waals surface area contributed by atoms with Gasteiger partial charge in [-0.1, -0.05) is 32.0 Å². The monoisotopic (exact) mass is 316 g/mol. The fourth-order valence-electron chi connectivity index (χ4n) is 2.34. The molecule has 2 rings (SSSR count). The van der Waals surface area contributed by atoms with E-state index in [0.29, 0.717) is 5.69 Å². The number of carbonyl (C=O) groups excluding carboxylic acids is 1. The number of nitrogens with zero attached hydrogens (tertiary/aromatic N) is 1. The Morgan fingerprint density at radius 3 is 2.68 bits per heavy atom. The minimum Gasteiger partial charge on any atom is -0.365 e.